The van der Waals surface area contributed by atoms with Gasteiger partial charge in [-0.2, -0.15) is 0 Å². The third-order valence-corrected chi connectivity index (χ3v) is 4.42. The van der Waals surface area contributed by atoms with Crippen LogP contribution in [-0.2, 0) is 6.42 Å². The van der Waals surface area contributed by atoms with E-state index >= 15 is 0 Å². The Labute approximate surface area is 138 Å². The average molecular weight is 425 g/mol. The summed E-state index contributed by atoms with van der Waals surface area (Å²) in [5.41, 5.74) is 1.58. The number of hydrogen-bond acceptors (Lipinski definition) is 1. The van der Waals surface area contributed by atoms with Crippen molar-refractivity contribution < 1.29 is 5.11 Å². The minimum absolute atomic E-state index is 0.424. The molecular weight excluding hydrogens is 415 g/mol. The number of hydrogen-bond donors (Lipinski definition) is 1. The maximum Gasteiger partial charge on any atom is 0.0845 e. The van der Waals surface area contributed by atoms with Gasteiger partial charge in [-0.3, -0.25) is 0 Å². The lowest BCUT2D eigenvalue weighted by Gasteiger charge is -2.14. The van der Waals surface area contributed by atoms with Gasteiger partial charge in [0.2, 0.25) is 0 Å². The fraction of sp³-hybridized carbons (Fsp3) is 0.143. The summed E-state index contributed by atoms with van der Waals surface area (Å²) >= 11 is 19.0. The molecule has 5 heteroatoms. The molecule has 1 N–H and O–H groups in total. The van der Waals surface area contributed by atoms with Crippen LogP contribution in [0.2, 0.25) is 10.0 Å². The summed E-state index contributed by atoms with van der Waals surface area (Å²) < 4.78 is 1.80. The normalized spacial score (nSPS) is 12.5. The van der Waals surface area contributed by atoms with Gasteiger partial charge in [0.25, 0.3) is 0 Å². The first-order valence-corrected chi connectivity index (χ1v) is 7.88. The summed E-state index contributed by atoms with van der Waals surface area (Å²) in [7, 11) is 0. The van der Waals surface area contributed by atoms with Crippen LogP contribution in [0.15, 0.2) is 45.3 Å². The van der Waals surface area contributed by atoms with E-state index in [-0.39, 0.29) is 0 Å². The molecule has 100 valence electrons. The van der Waals surface area contributed by atoms with Crippen LogP contribution in [-0.4, -0.2) is 5.11 Å². The standard InChI is InChI=1S/C14H10Br2Cl2O/c15-9-2-1-8(12(17)6-9)5-14(19)11-4-3-10(16)7-13(11)18/h1-4,6-7,14,19H,5H2. The molecule has 1 nitrogen and oxygen atoms in total. The summed E-state index contributed by atoms with van der Waals surface area (Å²) in [5.74, 6) is 0. The molecule has 1 atom stereocenters. The highest BCUT2D eigenvalue weighted by Gasteiger charge is 2.14. The molecule has 0 aromatic heterocycles. The molecule has 0 spiro atoms. The van der Waals surface area contributed by atoms with Crippen molar-refractivity contribution in [2.75, 3.05) is 0 Å². The Kier molecular flexibility index (Phi) is 5.32. The van der Waals surface area contributed by atoms with E-state index in [9.17, 15) is 5.11 Å². The minimum atomic E-state index is -0.681. The first kappa shape index (κ1) is 15.3. The van der Waals surface area contributed by atoms with E-state index in [0.29, 0.717) is 22.0 Å². The van der Waals surface area contributed by atoms with Crippen LogP contribution in [0.5, 0.6) is 0 Å². The van der Waals surface area contributed by atoms with E-state index in [1.165, 1.54) is 0 Å². The van der Waals surface area contributed by atoms with Gasteiger partial charge in [-0.15, -0.1) is 0 Å². The van der Waals surface area contributed by atoms with Crippen LogP contribution < -0.4 is 0 Å². The lowest BCUT2D eigenvalue weighted by molar-refractivity contribution is 0.178. The van der Waals surface area contributed by atoms with E-state index in [2.05, 4.69) is 31.9 Å². The molecule has 0 saturated heterocycles. The van der Waals surface area contributed by atoms with Gasteiger partial charge in [0.05, 0.1) is 6.10 Å². The third-order valence-electron chi connectivity index (χ3n) is 2.75. The number of benzene rings is 2. The summed E-state index contributed by atoms with van der Waals surface area (Å²) in [6, 6.07) is 11.0. The number of rotatable bonds is 3. The first-order chi connectivity index (χ1) is 8.97. The first-order valence-electron chi connectivity index (χ1n) is 5.54. The highest BCUT2D eigenvalue weighted by Crippen LogP contribution is 2.31. The molecular formula is C14H10Br2Cl2O. The van der Waals surface area contributed by atoms with Gasteiger partial charge in [0.1, 0.15) is 0 Å². The quantitative estimate of drug-likeness (QED) is 0.660. The van der Waals surface area contributed by atoms with E-state index in [0.717, 1.165) is 14.5 Å². The van der Waals surface area contributed by atoms with Crippen molar-refractivity contribution in [3.63, 3.8) is 0 Å². The van der Waals surface area contributed by atoms with Gasteiger partial charge >= 0.3 is 0 Å². The Morgan fingerprint density at radius 3 is 2.11 bits per heavy atom. The van der Waals surface area contributed by atoms with Crippen LogP contribution in [0.3, 0.4) is 0 Å². The molecule has 19 heavy (non-hydrogen) atoms. The molecule has 0 bridgehead atoms. The average Bonchev–Trinajstić information content (AvgIpc) is 2.32. The molecule has 0 amide bonds. The Morgan fingerprint density at radius 1 is 0.947 bits per heavy atom. The Morgan fingerprint density at radius 2 is 1.53 bits per heavy atom. The molecule has 0 aliphatic carbocycles. The van der Waals surface area contributed by atoms with Gasteiger partial charge in [0, 0.05) is 25.4 Å². The highest BCUT2D eigenvalue weighted by molar-refractivity contribution is 9.10. The number of aliphatic hydroxyl groups excluding tert-OH is 1. The van der Waals surface area contributed by atoms with Crippen molar-refractivity contribution in [3.8, 4) is 0 Å². The summed E-state index contributed by atoms with van der Waals surface area (Å²) in [4.78, 5) is 0. The second-order valence-electron chi connectivity index (χ2n) is 4.12. The van der Waals surface area contributed by atoms with Crippen LogP contribution >= 0.6 is 55.1 Å². The molecule has 2 rings (SSSR count). The van der Waals surface area contributed by atoms with E-state index in [1.54, 1.807) is 6.07 Å². The zero-order valence-corrected chi connectivity index (χ0v) is 14.4. The van der Waals surface area contributed by atoms with Gasteiger partial charge in [0.15, 0.2) is 0 Å². The van der Waals surface area contributed by atoms with Gasteiger partial charge in [-0.25, -0.2) is 0 Å². The monoisotopic (exact) mass is 422 g/mol. The van der Waals surface area contributed by atoms with Crippen molar-refractivity contribution in [1.29, 1.82) is 0 Å². The third kappa shape index (κ3) is 3.96. The summed E-state index contributed by atoms with van der Waals surface area (Å²) in [6.07, 6.45) is -0.257. The maximum atomic E-state index is 10.3. The molecule has 1 unspecified atom stereocenters. The van der Waals surface area contributed by atoms with Gasteiger partial charge in [-0.05, 0) is 35.4 Å². The number of halogens is 4. The lowest BCUT2D eigenvalue weighted by atomic mass is 10.0. The second-order valence-corrected chi connectivity index (χ2v) is 6.77. The van der Waals surface area contributed by atoms with Crippen LogP contribution in [0, 0.1) is 0 Å². The van der Waals surface area contributed by atoms with Crippen molar-refractivity contribution in [2.24, 2.45) is 0 Å². The summed E-state index contributed by atoms with van der Waals surface area (Å²) in [6.45, 7) is 0. The molecule has 2 aromatic rings. The second kappa shape index (κ2) is 6.59. The molecule has 2 aromatic carbocycles. The van der Waals surface area contributed by atoms with Crippen molar-refractivity contribution in [3.05, 3.63) is 66.5 Å². The van der Waals surface area contributed by atoms with E-state index in [1.807, 2.05) is 30.3 Å². The minimum Gasteiger partial charge on any atom is -0.388 e. The zero-order valence-electron chi connectivity index (χ0n) is 9.71. The molecule has 0 fully saturated rings. The van der Waals surface area contributed by atoms with Crippen LogP contribution in [0.25, 0.3) is 0 Å². The fourth-order valence-corrected chi connectivity index (χ4v) is 3.33. The lowest BCUT2D eigenvalue weighted by Crippen LogP contribution is -2.03. The molecule has 0 aliphatic heterocycles. The van der Waals surface area contributed by atoms with Crippen molar-refractivity contribution in [2.45, 2.75) is 12.5 Å². The largest absolute Gasteiger partial charge is 0.388 e. The SMILES string of the molecule is OC(Cc1ccc(Br)cc1Cl)c1ccc(Br)cc1Cl. The predicted octanol–water partition coefficient (Wildman–Crippen LogP) is 5.79. The van der Waals surface area contributed by atoms with Crippen LogP contribution in [0.4, 0.5) is 0 Å². The van der Waals surface area contributed by atoms with Gasteiger partial charge < -0.3 is 5.11 Å². The Balaban J connectivity index is 2.23. The van der Waals surface area contributed by atoms with E-state index in [4.69, 9.17) is 23.2 Å². The smallest absolute Gasteiger partial charge is 0.0845 e. The van der Waals surface area contributed by atoms with Crippen molar-refractivity contribution >= 4 is 55.1 Å². The molecule has 0 heterocycles. The topological polar surface area (TPSA) is 20.2 Å². The maximum absolute atomic E-state index is 10.3. The Bertz CT molecular complexity index is 602. The number of aliphatic hydroxyl groups is 1. The van der Waals surface area contributed by atoms with Crippen molar-refractivity contribution in [1.82, 2.24) is 0 Å². The van der Waals surface area contributed by atoms with E-state index < -0.39 is 6.10 Å². The summed E-state index contributed by atoms with van der Waals surface area (Å²) in [5, 5.41) is 11.4. The molecule has 0 aliphatic rings. The molecule has 0 saturated carbocycles. The predicted molar refractivity (Wildman–Crippen MR) is 87.0 cm³/mol. The Hall–Kier alpha value is -0.0600. The fourth-order valence-electron chi connectivity index (χ4n) is 1.78. The van der Waals surface area contributed by atoms with Gasteiger partial charge in [-0.1, -0.05) is 67.2 Å². The zero-order chi connectivity index (χ0) is 14.0. The van der Waals surface area contributed by atoms with Crippen LogP contribution in [0.1, 0.15) is 17.2 Å². The molecule has 0 radical (unpaired) electrons. The highest BCUT2D eigenvalue weighted by atomic mass is 79.9.